The normalized spacial score (nSPS) is 13.7. The van der Waals surface area contributed by atoms with Crippen molar-refractivity contribution in [1.82, 2.24) is 0 Å². The largest absolute Gasteiger partial charge is 0.417 e. The lowest BCUT2D eigenvalue weighted by Gasteiger charge is -2.36. The fraction of sp³-hybridized carbons (Fsp3) is 0.357. The highest BCUT2D eigenvalue weighted by Crippen LogP contribution is 2.36. The Kier molecular flexibility index (Phi) is 8.88. The molecule has 0 radical (unpaired) electrons. The summed E-state index contributed by atoms with van der Waals surface area (Å²) in [7, 11) is -3.42. The summed E-state index contributed by atoms with van der Waals surface area (Å²) in [6.07, 6.45) is 2.44. The highest BCUT2D eigenvalue weighted by Gasteiger charge is 2.37. The van der Waals surface area contributed by atoms with Crippen molar-refractivity contribution in [2.45, 2.75) is 56.9 Å². The van der Waals surface area contributed by atoms with Gasteiger partial charge in [-0.1, -0.05) is 134 Å². The third-order valence-corrected chi connectivity index (χ3v) is 19.1. The molecule has 0 saturated heterocycles. The average Bonchev–Trinajstić information content (AvgIpc) is 2.78. The van der Waals surface area contributed by atoms with Gasteiger partial charge in [-0.05, 0) is 29.7 Å². The van der Waals surface area contributed by atoms with Gasteiger partial charge in [0.1, 0.15) is 8.80 Å². The van der Waals surface area contributed by atoms with Crippen molar-refractivity contribution in [2.24, 2.45) is 0 Å². The van der Waals surface area contributed by atoms with Crippen LogP contribution in [0.5, 0.6) is 0 Å². The van der Waals surface area contributed by atoms with Crippen LogP contribution in [0.4, 0.5) is 0 Å². The zero-order valence-corrected chi connectivity index (χ0v) is 24.1. The predicted octanol–water partition coefficient (Wildman–Crippen LogP) is 4.65. The first-order valence-corrected chi connectivity index (χ1v) is 18.3. The van der Waals surface area contributed by atoms with Crippen molar-refractivity contribution in [3.05, 3.63) is 91.0 Å². The molecule has 0 bridgehead atoms. The van der Waals surface area contributed by atoms with E-state index >= 15 is 0 Å². The van der Waals surface area contributed by atoms with Crippen LogP contribution in [0.1, 0.15) is 33.6 Å². The summed E-state index contributed by atoms with van der Waals surface area (Å²) in [6, 6.07) is 34.0. The molecule has 3 aromatic carbocycles. The van der Waals surface area contributed by atoms with Gasteiger partial charge in [0.25, 0.3) is 0 Å². The van der Waals surface area contributed by atoms with E-state index in [0.717, 1.165) is 11.8 Å². The number of hydrogen-bond acceptors (Lipinski definition) is 1. The monoisotopic (exact) mass is 476 g/mol. The summed E-state index contributed by atoms with van der Waals surface area (Å²) >= 11 is 0. The van der Waals surface area contributed by atoms with Crippen molar-refractivity contribution in [3.63, 3.8) is 0 Å². The van der Waals surface area contributed by atoms with Gasteiger partial charge in [0.2, 0.25) is 0 Å². The highest BCUT2D eigenvalue weighted by molar-refractivity contribution is 6.93. The van der Waals surface area contributed by atoms with Crippen LogP contribution in [0.3, 0.4) is 0 Å². The number of benzene rings is 3. The maximum atomic E-state index is 6.56. The van der Waals surface area contributed by atoms with Crippen molar-refractivity contribution in [2.75, 3.05) is 6.61 Å². The van der Waals surface area contributed by atoms with E-state index in [-0.39, 0.29) is 5.04 Å². The lowest BCUT2D eigenvalue weighted by atomic mass is 10.2. The van der Waals surface area contributed by atoms with E-state index < -0.39 is 26.6 Å². The maximum Gasteiger partial charge on any atom is 0.191 e. The van der Waals surface area contributed by atoms with Crippen LogP contribution in [-0.2, 0) is 4.43 Å². The zero-order chi connectivity index (χ0) is 23.0. The molecule has 0 aliphatic rings. The fourth-order valence-electron chi connectivity index (χ4n) is 4.25. The van der Waals surface area contributed by atoms with Crippen LogP contribution in [0.25, 0.3) is 0 Å². The Hall–Kier alpha value is -1.73. The van der Waals surface area contributed by atoms with Gasteiger partial charge in [0.05, 0.1) is 9.52 Å². The number of hydrogen-bond donors (Lipinski definition) is 0. The Balaban J connectivity index is 1.83. The summed E-state index contributed by atoms with van der Waals surface area (Å²) in [6.45, 7) is 12.6. The van der Waals surface area contributed by atoms with Crippen LogP contribution in [-0.4, -0.2) is 33.2 Å². The first kappa shape index (κ1) is 24.9. The Morgan fingerprint density at radius 3 is 1.72 bits per heavy atom. The molecule has 0 heterocycles. The molecule has 1 unspecified atom stereocenters. The van der Waals surface area contributed by atoms with Crippen LogP contribution in [0, 0.1) is 0 Å². The second-order valence-corrected chi connectivity index (χ2v) is 21.8. The highest BCUT2D eigenvalue weighted by atomic mass is 28.4. The van der Waals surface area contributed by atoms with Gasteiger partial charge in [-0.25, -0.2) is 0 Å². The van der Waals surface area contributed by atoms with Gasteiger partial charge >= 0.3 is 0 Å². The average molecular weight is 477 g/mol. The van der Waals surface area contributed by atoms with Crippen molar-refractivity contribution < 1.29 is 4.43 Å². The molecular formula is C28H40OSi3. The molecule has 0 aliphatic carbocycles. The zero-order valence-electron chi connectivity index (χ0n) is 20.6. The molecule has 32 heavy (non-hydrogen) atoms. The fourth-order valence-corrected chi connectivity index (χ4v) is 13.7. The minimum Gasteiger partial charge on any atom is -0.417 e. The third-order valence-electron chi connectivity index (χ3n) is 7.12. The molecule has 1 nitrogen and oxygen atoms in total. The minimum atomic E-state index is -1.68. The molecule has 0 amide bonds. The molecule has 4 heteroatoms. The van der Waals surface area contributed by atoms with Crippen LogP contribution >= 0.6 is 0 Å². The minimum absolute atomic E-state index is 0.274. The lowest BCUT2D eigenvalue weighted by molar-refractivity contribution is 0.280. The molecule has 170 valence electrons. The van der Waals surface area contributed by atoms with Gasteiger partial charge in [0, 0.05) is 6.61 Å². The lowest BCUT2D eigenvalue weighted by Crippen LogP contribution is -2.49. The quantitative estimate of drug-likeness (QED) is 0.306. The van der Waals surface area contributed by atoms with Gasteiger partial charge in [-0.2, -0.15) is 0 Å². The van der Waals surface area contributed by atoms with E-state index in [1.807, 2.05) is 0 Å². The molecule has 0 aromatic heterocycles. The summed E-state index contributed by atoms with van der Waals surface area (Å²) in [5.41, 5.74) is 0. The van der Waals surface area contributed by atoms with Crippen LogP contribution in [0.2, 0.25) is 23.3 Å². The first-order valence-electron chi connectivity index (χ1n) is 12.1. The Bertz CT molecular complexity index is 882. The Morgan fingerprint density at radius 2 is 1.25 bits per heavy atom. The first-order chi connectivity index (χ1) is 15.3. The van der Waals surface area contributed by atoms with Crippen molar-refractivity contribution >= 4 is 42.2 Å². The van der Waals surface area contributed by atoms with Crippen molar-refractivity contribution in [3.8, 4) is 0 Å². The summed E-state index contributed by atoms with van der Waals surface area (Å²) < 4.78 is 6.56. The molecule has 0 aliphatic heterocycles. The van der Waals surface area contributed by atoms with E-state index in [4.69, 9.17) is 4.43 Å². The van der Waals surface area contributed by atoms with E-state index in [0.29, 0.717) is 0 Å². The number of rotatable bonds is 10. The third kappa shape index (κ3) is 6.88. The molecule has 0 spiro atoms. The second-order valence-electron chi connectivity index (χ2n) is 10.5. The van der Waals surface area contributed by atoms with Gasteiger partial charge < -0.3 is 4.43 Å². The Labute approximate surface area is 200 Å². The molecule has 3 aromatic rings. The molecule has 0 fully saturated rings. The standard InChI is InChI=1S/C28H40OSi3/c1-28(2,3)32(4,5)29-23-15-22-27(30-24-16-9-6-10-17-24)31(25-18-11-7-12-19-25)26-20-13-8-14-21-26/h6-14,16-21,27,31H,15,22-23,30H2,1-5H3. The summed E-state index contributed by atoms with van der Waals surface area (Å²) in [5, 5.41) is 5.82. The second kappa shape index (κ2) is 11.4. The van der Waals surface area contributed by atoms with E-state index in [2.05, 4.69) is 125 Å². The van der Waals surface area contributed by atoms with Crippen LogP contribution in [0.15, 0.2) is 91.0 Å². The topological polar surface area (TPSA) is 9.23 Å². The van der Waals surface area contributed by atoms with Crippen LogP contribution < -0.4 is 15.6 Å². The van der Waals surface area contributed by atoms with Gasteiger partial charge in [0.15, 0.2) is 8.32 Å². The summed E-state index contributed by atoms with van der Waals surface area (Å²) in [5.74, 6) is 0. The molecule has 0 saturated carbocycles. The molecule has 0 N–H and O–H groups in total. The molecule has 1 atom stereocenters. The van der Waals surface area contributed by atoms with Crippen molar-refractivity contribution in [1.29, 1.82) is 0 Å². The maximum absolute atomic E-state index is 6.56. The smallest absolute Gasteiger partial charge is 0.191 e. The van der Waals surface area contributed by atoms with E-state index in [9.17, 15) is 0 Å². The van der Waals surface area contributed by atoms with E-state index in [1.165, 1.54) is 12.8 Å². The Morgan fingerprint density at radius 1 is 0.781 bits per heavy atom. The van der Waals surface area contributed by atoms with Gasteiger partial charge in [-0.3, -0.25) is 0 Å². The molecular weight excluding hydrogens is 437 g/mol. The predicted molar refractivity (Wildman–Crippen MR) is 150 cm³/mol. The SMILES string of the molecule is CC(C)(C)[Si](C)(C)OCCCC([SiH2]c1ccccc1)[SiH](c1ccccc1)c1ccccc1. The molecule has 3 rings (SSSR count). The van der Waals surface area contributed by atoms with E-state index in [1.54, 1.807) is 15.6 Å². The summed E-state index contributed by atoms with van der Waals surface area (Å²) in [4.78, 5) is 0. The van der Waals surface area contributed by atoms with Gasteiger partial charge in [-0.15, -0.1) is 0 Å².